The second kappa shape index (κ2) is 145. The summed E-state index contributed by atoms with van der Waals surface area (Å²) in [6, 6.07) is 0. The topological polar surface area (TPSA) is 353 Å². The Morgan fingerprint density at radius 3 is 1.03 bits per heavy atom. The quantitative estimate of drug-likeness (QED) is 0.0575. The summed E-state index contributed by atoms with van der Waals surface area (Å²) in [5.74, 6) is -3.10. The molecule has 0 bridgehead atoms. The number of amides is 2. The van der Waals surface area contributed by atoms with Crippen LogP contribution in [-0.4, -0.2) is 162 Å². The van der Waals surface area contributed by atoms with Gasteiger partial charge in [-0.15, -0.1) is 24.0 Å². The SMILES string of the molecule is C.C=O.CC.CC(=O)O.CCI.CCN(C)C(C)=O.CCN(C)CC(=O)O.CCNCC(=O)O.CI.CN.CNC(C)=O.CNCC(=O)O.I.IC(I)I.O=O.[C-]#[O+].[OH-].[Pt]. The molecule has 28 heteroatoms. The predicted molar refractivity (Wildman–Crippen MR) is 294 cm³/mol. The largest absolute Gasteiger partial charge is 0.870 e. The average molecular weight is 1740 g/mol. The molecular weight excluding hydrogens is 1660 g/mol. The maximum atomic E-state index is 10.3. The molecule has 0 aromatic rings. The van der Waals surface area contributed by atoms with E-state index in [4.69, 9.17) is 44.6 Å². The number of aliphatic carboxylic acids is 4. The molecule has 0 rings (SSSR count). The summed E-state index contributed by atoms with van der Waals surface area (Å²) >= 11 is 11.4. The van der Waals surface area contributed by atoms with Gasteiger partial charge in [-0.2, -0.15) is 0 Å². The molecule has 0 saturated carbocycles. The van der Waals surface area contributed by atoms with E-state index in [2.05, 4.69) is 148 Å². The maximum Gasteiger partial charge on any atom is 0 e. The Morgan fingerprint density at radius 2 is 1.00 bits per heavy atom. The van der Waals surface area contributed by atoms with Gasteiger partial charge < -0.3 is 57.3 Å². The number of carboxylic acids is 4. The fraction of sp³-hybridized carbons (Fsp3) is 0.750. The van der Waals surface area contributed by atoms with E-state index in [1.165, 1.54) is 18.4 Å². The number of hydrogen-bond donors (Lipinski definition) is 8. The summed E-state index contributed by atoms with van der Waals surface area (Å²) in [4.78, 5) is 85.5. The Labute approximate surface area is 460 Å². The Morgan fingerprint density at radius 1 is 0.767 bits per heavy atom. The second-order valence-corrected chi connectivity index (χ2v) is 19.6. The third-order valence-electron chi connectivity index (χ3n) is 3.16. The van der Waals surface area contributed by atoms with Gasteiger partial charge in [0.15, 0.2) is 0 Å². The minimum Gasteiger partial charge on any atom is -0.870 e. The van der Waals surface area contributed by atoms with Crippen molar-refractivity contribution in [3.8, 4) is 0 Å². The van der Waals surface area contributed by atoms with Gasteiger partial charge in [-0.05, 0) is 50.5 Å². The molecule has 21 nitrogen and oxygen atoms in total. The van der Waals surface area contributed by atoms with Crippen molar-refractivity contribution < 1.29 is 85.2 Å². The van der Waals surface area contributed by atoms with Gasteiger partial charge in [0, 0.05) is 72.4 Å². The number of halogens is 6. The van der Waals surface area contributed by atoms with Crippen LogP contribution in [0.1, 0.15) is 69.7 Å². The van der Waals surface area contributed by atoms with E-state index in [0.29, 0.717) is 6.54 Å². The van der Waals surface area contributed by atoms with Gasteiger partial charge in [-0.1, -0.05) is 155 Å². The van der Waals surface area contributed by atoms with Crippen LogP contribution in [0.25, 0.3) is 0 Å². The summed E-state index contributed by atoms with van der Waals surface area (Å²) in [5.41, 5.74) is 4.50. The van der Waals surface area contributed by atoms with Crippen LogP contribution in [0.3, 0.4) is 0 Å². The molecule has 0 saturated heterocycles. The molecule has 0 heterocycles. The zero-order valence-electron chi connectivity index (χ0n) is 36.6. The van der Waals surface area contributed by atoms with Crippen molar-refractivity contribution >= 4 is 179 Å². The van der Waals surface area contributed by atoms with Gasteiger partial charge in [0.25, 0.3) is 5.97 Å². The van der Waals surface area contributed by atoms with Crippen molar-refractivity contribution in [3.63, 3.8) is 0 Å². The molecule has 2 amide bonds. The van der Waals surface area contributed by atoms with Crippen molar-refractivity contribution in [3.05, 3.63) is 16.6 Å². The molecular formula is C32H77I6N6O15Pt-. The van der Waals surface area contributed by atoms with Crippen molar-refractivity contribution in [2.75, 3.05) is 83.9 Å². The van der Waals surface area contributed by atoms with Crippen LogP contribution in [0.2, 0.25) is 0 Å². The van der Waals surface area contributed by atoms with Crippen molar-refractivity contribution in [2.24, 2.45) is 5.73 Å². The van der Waals surface area contributed by atoms with E-state index in [-0.39, 0.29) is 89.4 Å². The van der Waals surface area contributed by atoms with E-state index in [0.717, 1.165) is 20.0 Å². The molecule has 0 aliphatic heterocycles. The van der Waals surface area contributed by atoms with Crippen LogP contribution in [-0.2, 0) is 59.3 Å². The van der Waals surface area contributed by atoms with E-state index in [1.54, 1.807) is 44.9 Å². The van der Waals surface area contributed by atoms with Crippen molar-refractivity contribution in [1.82, 2.24) is 25.8 Å². The summed E-state index contributed by atoms with van der Waals surface area (Å²) in [6.07, 6.45) is 0. The molecule has 378 valence electrons. The molecule has 0 aromatic heterocycles. The minimum atomic E-state index is -0.833. The maximum absolute atomic E-state index is 10.3. The number of carbonyl (C=O) groups is 7. The number of carbonyl (C=O) groups excluding carboxylic acids is 3. The number of rotatable bonds is 9. The molecule has 0 spiro atoms. The van der Waals surface area contributed by atoms with Crippen LogP contribution in [0.15, 0.2) is 0 Å². The Balaban J connectivity index is -0.0000000203. The third kappa shape index (κ3) is 415. The first-order chi connectivity index (χ1) is 26.0. The van der Waals surface area contributed by atoms with Gasteiger partial charge in [-0.3, -0.25) is 33.7 Å². The molecule has 0 unspecified atom stereocenters. The van der Waals surface area contributed by atoms with E-state index in [9.17, 15) is 24.0 Å². The number of nitrogens with zero attached hydrogens (tertiary/aromatic N) is 2. The zero-order chi connectivity index (χ0) is 49.3. The molecule has 0 fully saturated rings. The first kappa shape index (κ1) is 119. The first-order valence-electron chi connectivity index (χ1n) is 15.4. The third-order valence-corrected chi connectivity index (χ3v) is 3.16. The molecule has 0 radical (unpaired) electrons. The molecule has 0 aliphatic rings. The normalized spacial score (nSPS) is 6.48. The zero-order valence-corrected chi connectivity index (χ0v) is 52.0. The number of nitrogens with two attached hydrogens (primary N) is 1. The average Bonchev–Trinajstić information content (AvgIpc) is 3.15. The summed E-state index contributed by atoms with van der Waals surface area (Å²) in [6.45, 7) is 25.0. The molecule has 0 aliphatic carbocycles. The van der Waals surface area contributed by atoms with Gasteiger partial charge in [-0.25, -0.2) is 0 Å². The second-order valence-electron chi connectivity index (χ2n) is 7.20. The van der Waals surface area contributed by atoms with E-state index < -0.39 is 23.9 Å². The predicted octanol–water partition coefficient (Wildman–Crippen LogP) is 5.91. The fourth-order valence-electron chi connectivity index (χ4n) is 0.949. The first-order valence-corrected chi connectivity index (χ1v) is 22.8. The summed E-state index contributed by atoms with van der Waals surface area (Å²) in [5, 5.41) is 38.9. The Bertz CT molecular complexity index is 774. The van der Waals surface area contributed by atoms with Gasteiger partial charge in [0.2, 0.25) is 11.8 Å². The van der Waals surface area contributed by atoms with Crippen LogP contribution in [0, 0.1) is 16.6 Å². The number of alkyl halides is 5. The molecule has 0 atom stereocenters. The van der Waals surface area contributed by atoms with Crippen molar-refractivity contribution in [1.29, 1.82) is 0 Å². The van der Waals surface area contributed by atoms with Crippen LogP contribution in [0.4, 0.5) is 0 Å². The fourth-order valence-corrected chi connectivity index (χ4v) is 0.949. The number of likely N-dealkylation sites (N-methyl/N-ethyl adjacent to an activating group) is 3. The standard InChI is InChI=1S/C5H11NO2.C5H11NO.C4H9NO2.C3H7NO2.C3H7NO.C2H5I.C2H4O2.C2H6.CHI3.CH3I.CH5N.CH2O.CO.CH4.HI.O2.H2O.Pt/c1-3-6(2)4-5(7)8;1-4-6(3)5(2)7;1-2-5-3-4(6)7;1-4-2-3(5)6;1-3(5)4-2;1-2-3;1-2(3)4;1-2;2-1(3)4;4*1-2;;;1-2;;/h3-4H2,1-2H3,(H,7,8);4H2,1-3H3;5H,2-3H2,1H3,(H,6,7);4H,2H2,1H3,(H,5,6);1-2H3,(H,4,5);2H2,1H3;1H3,(H,3,4);1-2H3;1H;1H3;2H2,1H3;1H2;;1H4;1H;;1H2;/p-1. The number of nitrogens with one attached hydrogen (secondary N) is 3. The number of carboxylic acid groups (broad SMARTS) is 4. The Kier molecular flexibility index (Phi) is 286. The summed E-state index contributed by atoms with van der Waals surface area (Å²) < 4.78 is 9.46. The molecule has 60 heavy (non-hydrogen) atoms. The Hall–Kier alpha value is 0.698. The van der Waals surface area contributed by atoms with Crippen LogP contribution >= 0.6 is 137 Å². The molecule has 0 aromatic carbocycles. The van der Waals surface area contributed by atoms with Gasteiger partial charge >= 0.3 is 29.2 Å². The van der Waals surface area contributed by atoms with Crippen LogP contribution < -0.4 is 21.7 Å². The van der Waals surface area contributed by atoms with Crippen molar-refractivity contribution in [2.45, 2.75) is 69.7 Å². The minimum absolute atomic E-state index is 0. The van der Waals surface area contributed by atoms with E-state index >= 15 is 0 Å². The van der Waals surface area contributed by atoms with Gasteiger partial charge in [0.05, 0.1) is 19.6 Å². The van der Waals surface area contributed by atoms with Crippen LogP contribution in [0.5, 0.6) is 0 Å². The molecule has 10 N–H and O–H groups in total. The smallest absolute Gasteiger partial charge is 0 e. The van der Waals surface area contributed by atoms with Gasteiger partial charge in [0.1, 0.15) is 6.73 Å². The monoisotopic (exact) mass is 1740 g/mol. The number of hydrogen-bond acceptors (Lipinski definition) is 14. The van der Waals surface area contributed by atoms with E-state index in [1.807, 2.05) is 46.3 Å². The summed E-state index contributed by atoms with van der Waals surface area (Å²) in [7, 11) is 8.24.